The van der Waals surface area contributed by atoms with E-state index in [9.17, 15) is 0 Å². The Morgan fingerprint density at radius 3 is 2.40 bits per heavy atom. The SMILES string of the molecule is CCC=C(c1ccc(OCCC)cc1)C1CCCCC1. The molecule has 1 aromatic rings. The summed E-state index contributed by atoms with van der Waals surface area (Å²) in [6, 6.07) is 8.72. The first-order valence-electron chi connectivity index (χ1n) is 8.28. The van der Waals surface area contributed by atoms with E-state index in [0.29, 0.717) is 0 Å². The van der Waals surface area contributed by atoms with Gasteiger partial charge in [-0.15, -0.1) is 0 Å². The van der Waals surface area contributed by atoms with Crippen molar-refractivity contribution in [1.29, 1.82) is 0 Å². The van der Waals surface area contributed by atoms with Crippen LogP contribution in [0.2, 0.25) is 0 Å². The molecule has 1 saturated carbocycles. The average Bonchev–Trinajstić information content (AvgIpc) is 2.52. The molecule has 0 amide bonds. The largest absolute Gasteiger partial charge is 0.494 e. The quantitative estimate of drug-likeness (QED) is 0.631. The molecule has 0 bridgehead atoms. The van der Waals surface area contributed by atoms with E-state index in [2.05, 4.69) is 44.2 Å². The third-order valence-electron chi connectivity index (χ3n) is 4.13. The number of ether oxygens (including phenoxy) is 1. The molecule has 0 aliphatic heterocycles. The molecule has 0 atom stereocenters. The second kappa shape index (κ2) is 8.14. The van der Waals surface area contributed by atoms with Crippen LogP contribution in [0.15, 0.2) is 30.3 Å². The Morgan fingerprint density at radius 2 is 1.80 bits per heavy atom. The van der Waals surface area contributed by atoms with Gasteiger partial charge < -0.3 is 4.74 Å². The summed E-state index contributed by atoms with van der Waals surface area (Å²) in [5, 5.41) is 0. The number of benzene rings is 1. The average molecular weight is 272 g/mol. The van der Waals surface area contributed by atoms with Crippen LogP contribution in [-0.4, -0.2) is 6.61 Å². The van der Waals surface area contributed by atoms with Gasteiger partial charge in [-0.3, -0.25) is 0 Å². The maximum absolute atomic E-state index is 5.68. The molecule has 0 radical (unpaired) electrons. The molecule has 0 unspecified atom stereocenters. The minimum atomic E-state index is 0.770. The van der Waals surface area contributed by atoms with Crippen molar-refractivity contribution in [2.24, 2.45) is 5.92 Å². The lowest BCUT2D eigenvalue weighted by atomic mass is 9.80. The van der Waals surface area contributed by atoms with Gasteiger partial charge in [-0.1, -0.05) is 51.3 Å². The molecular weight excluding hydrogens is 244 g/mol. The van der Waals surface area contributed by atoms with E-state index >= 15 is 0 Å². The highest BCUT2D eigenvalue weighted by Crippen LogP contribution is 2.36. The summed E-state index contributed by atoms with van der Waals surface area (Å²) in [5.74, 6) is 1.77. The van der Waals surface area contributed by atoms with Crippen molar-refractivity contribution < 1.29 is 4.74 Å². The fourth-order valence-corrected chi connectivity index (χ4v) is 3.12. The van der Waals surface area contributed by atoms with Gasteiger partial charge in [-0.2, -0.15) is 0 Å². The molecule has 0 N–H and O–H groups in total. The van der Waals surface area contributed by atoms with Gasteiger partial charge in [0, 0.05) is 0 Å². The van der Waals surface area contributed by atoms with Crippen LogP contribution < -0.4 is 4.74 Å². The highest BCUT2D eigenvalue weighted by atomic mass is 16.5. The summed E-state index contributed by atoms with van der Waals surface area (Å²) < 4.78 is 5.68. The maximum Gasteiger partial charge on any atom is 0.119 e. The lowest BCUT2D eigenvalue weighted by Crippen LogP contribution is -2.08. The zero-order valence-electron chi connectivity index (χ0n) is 13.0. The Hall–Kier alpha value is -1.24. The third-order valence-corrected chi connectivity index (χ3v) is 4.13. The Bertz CT molecular complexity index is 410. The van der Waals surface area contributed by atoms with Crippen LogP contribution in [0.4, 0.5) is 0 Å². The van der Waals surface area contributed by atoms with E-state index < -0.39 is 0 Å². The lowest BCUT2D eigenvalue weighted by Gasteiger charge is -2.25. The summed E-state index contributed by atoms with van der Waals surface area (Å²) in [6.07, 6.45) is 11.5. The first kappa shape index (κ1) is 15.2. The number of allylic oxidation sites excluding steroid dienone is 2. The van der Waals surface area contributed by atoms with Crippen LogP contribution in [0.25, 0.3) is 5.57 Å². The first-order chi connectivity index (χ1) is 9.85. The van der Waals surface area contributed by atoms with Crippen LogP contribution >= 0.6 is 0 Å². The van der Waals surface area contributed by atoms with Gasteiger partial charge in [0.25, 0.3) is 0 Å². The van der Waals surface area contributed by atoms with Gasteiger partial charge in [0.1, 0.15) is 5.75 Å². The molecule has 0 spiro atoms. The fraction of sp³-hybridized carbons (Fsp3) is 0.579. The normalized spacial score (nSPS) is 17.2. The summed E-state index contributed by atoms with van der Waals surface area (Å²) >= 11 is 0. The van der Waals surface area contributed by atoms with Crippen molar-refractivity contribution in [3.8, 4) is 5.75 Å². The van der Waals surface area contributed by atoms with Gasteiger partial charge in [0.15, 0.2) is 0 Å². The standard InChI is InChI=1S/C19H28O/c1-3-8-19(16-9-6-5-7-10-16)17-11-13-18(14-12-17)20-15-4-2/h8,11-14,16H,3-7,9-10,15H2,1-2H3. The molecule has 1 fully saturated rings. The molecule has 0 saturated heterocycles. The maximum atomic E-state index is 5.68. The van der Waals surface area contributed by atoms with E-state index in [1.165, 1.54) is 37.7 Å². The zero-order chi connectivity index (χ0) is 14.2. The van der Waals surface area contributed by atoms with Gasteiger partial charge >= 0.3 is 0 Å². The molecule has 1 aliphatic rings. The van der Waals surface area contributed by atoms with E-state index in [1.807, 2.05) is 0 Å². The smallest absolute Gasteiger partial charge is 0.119 e. The molecule has 1 aliphatic carbocycles. The minimum absolute atomic E-state index is 0.770. The third kappa shape index (κ3) is 4.13. The summed E-state index contributed by atoms with van der Waals surface area (Å²) in [6.45, 7) is 5.18. The Balaban J connectivity index is 2.10. The Morgan fingerprint density at radius 1 is 1.10 bits per heavy atom. The van der Waals surface area contributed by atoms with Gasteiger partial charge in [0.05, 0.1) is 6.61 Å². The molecule has 0 aromatic heterocycles. The van der Waals surface area contributed by atoms with Crippen LogP contribution in [-0.2, 0) is 0 Å². The molecule has 110 valence electrons. The van der Waals surface area contributed by atoms with E-state index in [-0.39, 0.29) is 0 Å². The van der Waals surface area contributed by atoms with Crippen LogP contribution in [0.1, 0.15) is 64.4 Å². The predicted molar refractivity (Wildman–Crippen MR) is 87.1 cm³/mol. The van der Waals surface area contributed by atoms with Gasteiger partial charge in [-0.05, 0) is 54.9 Å². The summed E-state index contributed by atoms with van der Waals surface area (Å²) in [4.78, 5) is 0. The van der Waals surface area contributed by atoms with Crippen molar-refractivity contribution in [2.75, 3.05) is 6.61 Å². The second-order valence-electron chi connectivity index (χ2n) is 5.78. The molecule has 20 heavy (non-hydrogen) atoms. The molecule has 1 aromatic carbocycles. The minimum Gasteiger partial charge on any atom is -0.494 e. The zero-order valence-corrected chi connectivity index (χ0v) is 13.0. The number of rotatable bonds is 6. The first-order valence-corrected chi connectivity index (χ1v) is 8.28. The van der Waals surface area contributed by atoms with Crippen molar-refractivity contribution in [1.82, 2.24) is 0 Å². The molecule has 0 heterocycles. The number of hydrogen-bond acceptors (Lipinski definition) is 1. The lowest BCUT2D eigenvalue weighted by molar-refractivity contribution is 0.317. The topological polar surface area (TPSA) is 9.23 Å². The molecule has 1 heteroatoms. The van der Waals surface area contributed by atoms with Gasteiger partial charge in [0.2, 0.25) is 0 Å². The highest BCUT2D eigenvalue weighted by molar-refractivity contribution is 5.68. The fourth-order valence-electron chi connectivity index (χ4n) is 3.12. The van der Waals surface area contributed by atoms with Crippen LogP contribution in [0, 0.1) is 5.92 Å². The second-order valence-corrected chi connectivity index (χ2v) is 5.78. The summed E-state index contributed by atoms with van der Waals surface area (Å²) in [5.41, 5.74) is 2.96. The van der Waals surface area contributed by atoms with E-state index in [0.717, 1.165) is 31.1 Å². The summed E-state index contributed by atoms with van der Waals surface area (Å²) in [7, 11) is 0. The number of hydrogen-bond donors (Lipinski definition) is 0. The van der Waals surface area contributed by atoms with Crippen LogP contribution in [0.3, 0.4) is 0 Å². The van der Waals surface area contributed by atoms with Crippen molar-refractivity contribution in [3.63, 3.8) is 0 Å². The van der Waals surface area contributed by atoms with Crippen molar-refractivity contribution in [3.05, 3.63) is 35.9 Å². The molecular formula is C19H28O. The highest BCUT2D eigenvalue weighted by Gasteiger charge is 2.18. The predicted octanol–water partition coefficient (Wildman–Crippen LogP) is 5.85. The van der Waals surface area contributed by atoms with E-state index in [1.54, 1.807) is 5.57 Å². The van der Waals surface area contributed by atoms with Crippen molar-refractivity contribution in [2.45, 2.75) is 58.8 Å². The molecule has 1 nitrogen and oxygen atoms in total. The van der Waals surface area contributed by atoms with Gasteiger partial charge in [-0.25, -0.2) is 0 Å². The van der Waals surface area contributed by atoms with Crippen molar-refractivity contribution >= 4 is 5.57 Å². The van der Waals surface area contributed by atoms with Crippen LogP contribution in [0.5, 0.6) is 5.75 Å². The van der Waals surface area contributed by atoms with E-state index in [4.69, 9.17) is 4.74 Å². The Labute approximate surface area is 124 Å². The Kier molecular flexibility index (Phi) is 6.17. The molecule has 2 rings (SSSR count). The monoisotopic (exact) mass is 272 g/mol.